The highest BCUT2D eigenvalue weighted by Gasteiger charge is 2.25. The van der Waals surface area contributed by atoms with Gasteiger partial charge in [-0.1, -0.05) is 30.3 Å². The van der Waals surface area contributed by atoms with Gasteiger partial charge in [0.2, 0.25) is 5.88 Å². The van der Waals surface area contributed by atoms with Crippen molar-refractivity contribution in [1.29, 1.82) is 0 Å². The number of anilines is 2. The third-order valence-corrected chi connectivity index (χ3v) is 6.38. The Labute approximate surface area is 232 Å². The van der Waals surface area contributed by atoms with Gasteiger partial charge in [0, 0.05) is 40.8 Å². The number of nitrogens with zero attached hydrogens (tertiary/aromatic N) is 2. The topological polar surface area (TPSA) is 94.0 Å². The van der Waals surface area contributed by atoms with Crippen LogP contribution in [-0.4, -0.2) is 41.3 Å². The lowest BCUT2D eigenvalue weighted by molar-refractivity contribution is -0.112. The van der Waals surface area contributed by atoms with Gasteiger partial charge in [-0.3, -0.25) is 9.59 Å². The number of carbonyl (C=O) groups is 2. The Kier molecular flexibility index (Phi) is 7.77. The van der Waals surface area contributed by atoms with E-state index < -0.39 is 11.7 Å². The summed E-state index contributed by atoms with van der Waals surface area (Å²) in [5.41, 5.74) is 5.96. The number of hydrogen-bond donors (Lipinski definition) is 2. The molecule has 8 nitrogen and oxygen atoms in total. The zero-order chi connectivity index (χ0) is 28.1. The summed E-state index contributed by atoms with van der Waals surface area (Å²) in [6.07, 6.45) is 1.71. The molecule has 0 bridgehead atoms. The van der Waals surface area contributed by atoms with E-state index in [0.29, 0.717) is 36.0 Å². The number of methoxy groups -OCH3 is 1. The average Bonchev–Trinajstić information content (AvgIpc) is 3.34. The fourth-order valence-corrected chi connectivity index (χ4v) is 4.54. The van der Waals surface area contributed by atoms with Crippen molar-refractivity contribution >= 4 is 28.6 Å². The maximum absolute atomic E-state index is 13.5. The maximum Gasteiger partial charge on any atom is 0.298 e. The summed E-state index contributed by atoms with van der Waals surface area (Å²) >= 11 is 0. The van der Waals surface area contributed by atoms with Gasteiger partial charge in [-0.05, 0) is 73.5 Å². The summed E-state index contributed by atoms with van der Waals surface area (Å²) in [5.74, 6) is -0.191. The van der Waals surface area contributed by atoms with Gasteiger partial charge in [-0.2, -0.15) is 0 Å². The van der Waals surface area contributed by atoms with Gasteiger partial charge in [-0.15, -0.1) is 0 Å². The highest BCUT2D eigenvalue weighted by molar-refractivity contribution is 6.47. The number of carbonyl (C=O) groups excluding carboxylic acids is 2. The molecule has 40 heavy (non-hydrogen) atoms. The summed E-state index contributed by atoms with van der Waals surface area (Å²) in [6, 6.07) is 26.2. The van der Waals surface area contributed by atoms with Crippen LogP contribution >= 0.6 is 0 Å². The second-order valence-electron chi connectivity index (χ2n) is 9.40. The number of Topliss-reactive ketones (excluding diaryl/α,β-unsaturated/α-hetero) is 1. The lowest BCUT2D eigenvalue weighted by Crippen LogP contribution is -2.24. The van der Waals surface area contributed by atoms with Gasteiger partial charge in [0.1, 0.15) is 18.1 Å². The first kappa shape index (κ1) is 26.5. The predicted molar refractivity (Wildman–Crippen MR) is 156 cm³/mol. The van der Waals surface area contributed by atoms with Crippen molar-refractivity contribution in [2.75, 3.05) is 30.9 Å². The molecule has 0 fully saturated rings. The number of benzene rings is 2. The molecule has 0 spiro atoms. The molecule has 1 amide bonds. The quantitative estimate of drug-likeness (QED) is 0.131. The van der Waals surface area contributed by atoms with Crippen LogP contribution in [-0.2, 0) is 4.79 Å². The molecule has 0 saturated heterocycles. The molecular formula is C32H30N4O4. The van der Waals surface area contributed by atoms with Crippen LogP contribution in [0.15, 0.2) is 91.1 Å². The van der Waals surface area contributed by atoms with Crippen molar-refractivity contribution in [2.45, 2.75) is 13.8 Å². The Morgan fingerprint density at radius 2 is 1.65 bits per heavy atom. The van der Waals surface area contributed by atoms with E-state index in [-0.39, 0.29) is 5.69 Å². The first-order chi connectivity index (χ1) is 19.4. The second-order valence-corrected chi connectivity index (χ2v) is 9.40. The number of hydrogen-bond acceptors (Lipinski definition) is 6. The number of pyridine rings is 2. The van der Waals surface area contributed by atoms with Crippen LogP contribution < -0.4 is 20.1 Å². The number of amides is 1. The Balaban J connectivity index is 1.26. The van der Waals surface area contributed by atoms with E-state index in [9.17, 15) is 9.59 Å². The molecule has 0 aliphatic carbocycles. The summed E-state index contributed by atoms with van der Waals surface area (Å²) in [4.78, 5) is 31.0. The minimum Gasteiger partial charge on any atom is -0.495 e. The summed E-state index contributed by atoms with van der Waals surface area (Å²) in [7, 11) is 1.56. The van der Waals surface area contributed by atoms with Crippen molar-refractivity contribution in [3.8, 4) is 22.8 Å². The Morgan fingerprint density at radius 3 is 2.38 bits per heavy atom. The Bertz CT molecular complexity index is 1640. The highest BCUT2D eigenvalue weighted by atomic mass is 16.5. The van der Waals surface area contributed by atoms with Gasteiger partial charge in [0.05, 0.1) is 13.3 Å². The molecule has 3 aromatic heterocycles. The number of nitrogens with one attached hydrogen (secondary N) is 2. The molecule has 0 aliphatic heterocycles. The first-order valence-electron chi connectivity index (χ1n) is 12.9. The standard InChI is InChI=1S/C32H30N4O4/c1-21-17-22(2)34-29(18-21)40-16-15-33-24-9-11-25(12-10-24)35-32(38)31(37)30-28(23-7-5-4-6-8-23)19-26-13-14-27(39-3)20-36(26)30/h4-14,17-20,33H,15-16H2,1-3H3,(H,35,38). The molecule has 0 saturated carbocycles. The number of fused-ring (bicyclic) bond motifs is 1. The monoisotopic (exact) mass is 534 g/mol. The fraction of sp³-hybridized carbons (Fsp3) is 0.156. The van der Waals surface area contributed by atoms with Crippen LogP contribution in [0.3, 0.4) is 0 Å². The van der Waals surface area contributed by atoms with Crippen molar-refractivity contribution < 1.29 is 19.1 Å². The summed E-state index contributed by atoms with van der Waals surface area (Å²) in [5, 5.41) is 6.01. The molecule has 0 unspecified atom stereocenters. The van der Waals surface area contributed by atoms with E-state index >= 15 is 0 Å². The van der Waals surface area contributed by atoms with Gasteiger partial charge < -0.3 is 24.5 Å². The van der Waals surface area contributed by atoms with Crippen LogP contribution in [0.1, 0.15) is 21.7 Å². The number of aryl methyl sites for hydroxylation is 2. The molecule has 2 aromatic carbocycles. The van der Waals surface area contributed by atoms with E-state index in [0.717, 1.165) is 28.0 Å². The third kappa shape index (κ3) is 5.96. The highest BCUT2D eigenvalue weighted by Crippen LogP contribution is 2.30. The average molecular weight is 535 g/mol. The van der Waals surface area contributed by atoms with Crippen LogP contribution in [0.5, 0.6) is 11.6 Å². The molecule has 3 heterocycles. The number of ether oxygens (including phenoxy) is 2. The van der Waals surface area contributed by atoms with Crippen LogP contribution in [0.4, 0.5) is 11.4 Å². The summed E-state index contributed by atoms with van der Waals surface area (Å²) < 4.78 is 12.8. The van der Waals surface area contributed by atoms with Crippen LogP contribution in [0.2, 0.25) is 0 Å². The van der Waals surface area contributed by atoms with Crippen LogP contribution in [0.25, 0.3) is 16.6 Å². The van der Waals surface area contributed by atoms with Gasteiger partial charge in [0.15, 0.2) is 0 Å². The smallest absolute Gasteiger partial charge is 0.298 e. The Hall–Kier alpha value is -5.11. The van der Waals surface area contributed by atoms with E-state index in [2.05, 4.69) is 15.6 Å². The zero-order valence-corrected chi connectivity index (χ0v) is 22.6. The van der Waals surface area contributed by atoms with Gasteiger partial charge >= 0.3 is 0 Å². The van der Waals surface area contributed by atoms with E-state index in [1.54, 1.807) is 29.8 Å². The molecule has 0 aliphatic rings. The molecule has 0 radical (unpaired) electrons. The third-order valence-electron chi connectivity index (χ3n) is 6.38. The number of aromatic nitrogens is 2. The van der Waals surface area contributed by atoms with Crippen molar-refractivity contribution in [3.63, 3.8) is 0 Å². The SMILES string of the molecule is COc1ccc2cc(-c3ccccc3)c(C(=O)C(=O)Nc3ccc(NCCOc4cc(C)cc(C)n4)cc3)n2c1. The van der Waals surface area contributed by atoms with Crippen molar-refractivity contribution in [2.24, 2.45) is 0 Å². The van der Waals surface area contributed by atoms with Crippen LogP contribution in [0, 0.1) is 13.8 Å². The first-order valence-corrected chi connectivity index (χ1v) is 12.9. The predicted octanol–water partition coefficient (Wildman–Crippen LogP) is 5.94. The summed E-state index contributed by atoms with van der Waals surface area (Å²) in [6.45, 7) is 4.97. The van der Waals surface area contributed by atoms with Gasteiger partial charge in [0.25, 0.3) is 11.7 Å². The van der Waals surface area contributed by atoms with Gasteiger partial charge in [-0.25, -0.2) is 4.98 Å². The molecule has 202 valence electrons. The zero-order valence-electron chi connectivity index (χ0n) is 22.6. The van der Waals surface area contributed by atoms with Crippen molar-refractivity contribution in [3.05, 3.63) is 108 Å². The lowest BCUT2D eigenvalue weighted by Gasteiger charge is -2.11. The minimum atomic E-state index is -0.727. The van der Waals surface area contributed by atoms with E-state index in [1.807, 2.05) is 86.6 Å². The number of ketones is 1. The lowest BCUT2D eigenvalue weighted by atomic mass is 10.0. The minimum absolute atomic E-state index is 0.272. The largest absolute Gasteiger partial charge is 0.495 e. The molecule has 2 N–H and O–H groups in total. The fourth-order valence-electron chi connectivity index (χ4n) is 4.54. The van der Waals surface area contributed by atoms with E-state index in [4.69, 9.17) is 9.47 Å². The Morgan fingerprint density at radius 1 is 0.900 bits per heavy atom. The second kappa shape index (κ2) is 11.7. The molecule has 5 rings (SSSR count). The van der Waals surface area contributed by atoms with E-state index in [1.165, 1.54) is 0 Å². The maximum atomic E-state index is 13.5. The molecule has 0 atom stereocenters. The normalized spacial score (nSPS) is 10.8. The molecule has 5 aromatic rings. The number of rotatable bonds is 10. The molecular weight excluding hydrogens is 504 g/mol. The molecule has 8 heteroatoms. The van der Waals surface area contributed by atoms with Crippen molar-refractivity contribution in [1.82, 2.24) is 9.38 Å².